The topological polar surface area (TPSA) is 54.0 Å². The van der Waals surface area contributed by atoms with E-state index in [9.17, 15) is 4.57 Å². The Balaban J connectivity index is 1.85. The van der Waals surface area contributed by atoms with Gasteiger partial charge in [-0.05, 0) is 25.7 Å². The van der Waals surface area contributed by atoms with Crippen LogP contribution in [0.3, 0.4) is 0 Å². The minimum Gasteiger partial charge on any atom is -0.285 e. The summed E-state index contributed by atoms with van der Waals surface area (Å²) in [5.74, 6) is 0. The van der Waals surface area contributed by atoms with Crippen LogP contribution in [0.25, 0.3) is 0 Å². The molecule has 0 amide bonds. The number of hydrogen-bond donors (Lipinski definition) is 0. The van der Waals surface area contributed by atoms with Gasteiger partial charge in [0.25, 0.3) is 0 Å². The number of unbranched alkanes of at least 4 members (excludes halogenated alkanes) is 10. The van der Waals surface area contributed by atoms with Gasteiger partial charge in [0.05, 0.1) is 19.8 Å². The van der Waals surface area contributed by atoms with E-state index < -0.39 is 7.82 Å². The van der Waals surface area contributed by atoms with Crippen LogP contribution >= 0.6 is 7.82 Å². The molecule has 24 heavy (non-hydrogen) atoms. The van der Waals surface area contributed by atoms with E-state index in [0.29, 0.717) is 19.8 Å². The van der Waals surface area contributed by atoms with Gasteiger partial charge < -0.3 is 0 Å². The monoisotopic (exact) mass is 364 g/mol. The summed E-state index contributed by atoms with van der Waals surface area (Å²) in [4.78, 5) is 5.04. The Morgan fingerprint density at radius 3 is 1.79 bits per heavy atom. The minimum atomic E-state index is -3.49. The van der Waals surface area contributed by atoms with Crippen molar-refractivity contribution >= 4 is 7.82 Å². The fourth-order valence-corrected chi connectivity index (χ4v) is 3.81. The molecule has 0 aromatic carbocycles. The quantitative estimate of drug-likeness (QED) is 0.151. The van der Waals surface area contributed by atoms with Crippen LogP contribution in [0, 0.1) is 0 Å². The molecular formula is C18H37O5P. The van der Waals surface area contributed by atoms with Crippen molar-refractivity contribution in [3.8, 4) is 0 Å². The second-order valence-electron chi connectivity index (χ2n) is 6.61. The van der Waals surface area contributed by atoms with E-state index in [1.807, 2.05) is 0 Å². The summed E-state index contributed by atoms with van der Waals surface area (Å²) < 4.78 is 27.4. The Kier molecular flexibility index (Phi) is 14.1. The summed E-state index contributed by atoms with van der Waals surface area (Å²) in [5.41, 5.74) is 0. The first-order valence-corrected chi connectivity index (χ1v) is 11.4. The second-order valence-corrected chi connectivity index (χ2v) is 8.17. The fourth-order valence-electron chi connectivity index (χ4n) is 2.74. The normalized spacial score (nSPS) is 18.2. The van der Waals surface area contributed by atoms with Gasteiger partial charge in [0.1, 0.15) is 0 Å². The highest BCUT2D eigenvalue weighted by Crippen LogP contribution is 2.50. The molecule has 0 atom stereocenters. The van der Waals surface area contributed by atoms with Gasteiger partial charge >= 0.3 is 7.82 Å². The summed E-state index contributed by atoms with van der Waals surface area (Å²) in [6.07, 6.45) is 16.9. The van der Waals surface area contributed by atoms with E-state index in [1.165, 1.54) is 57.8 Å². The smallest absolute Gasteiger partial charge is 0.285 e. The highest BCUT2D eigenvalue weighted by molar-refractivity contribution is 7.48. The molecule has 0 aromatic rings. The Bertz CT molecular complexity index is 313. The van der Waals surface area contributed by atoms with E-state index in [-0.39, 0.29) is 0 Å². The Hall–Kier alpha value is 0.0700. The van der Waals surface area contributed by atoms with Crippen molar-refractivity contribution in [2.75, 3.05) is 19.8 Å². The lowest BCUT2D eigenvalue weighted by Gasteiger charge is -2.18. The van der Waals surface area contributed by atoms with Gasteiger partial charge in [-0.3, -0.25) is 9.05 Å². The molecule has 1 aliphatic rings. The SMILES string of the molecule is CCCCCCCCCCCCCOOP1(=O)OCCCCCO1. The molecule has 1 aliphatic heterocycles. The van der Waals surface area contributed by atoms with Crippen LogP contribution in [-0.2, 0) is 23.2 Å². The first-order chi connectivity index (χ1) is 11.8. The molecule has 5 nitrogen and oxygen atoms in total. The van der Waals surface area contributed by atoms with E-state index >= 15 is 0 Å². The molecular weight excluding hydrogens is 327 g/mol. The number of phosphoric ester groups is 1. The summed E-state index contributed by atoms with van der Waals surface area (Å²) in [6.45, 7) is 3.50. The van der Waals surface area contributed by atoms with Crippen LogP contribution in [0.1, 0.15) is 96.8 Å². The molecule has 1 rings (SSSR count). The lowest BCUT2D eigenvalue weighted by atomic mass is 10.1. The zero-order valence-corrected chi connectivity index (χ0v) is 16.4. The van der Waals surface area contributed by atoms with Crippen molar-refractivity contribution in [1.29, 1.82) is 0 Å². The lowest BCUT2D eigenvalue weighted by molar-refractivity contribution is -0.228. The van der Waals surface area contributed by atoms with Crippen LogP contribution in [0.5, 0.6) is 0 Å². The largest absolute Gasteiger partial charge is 0.502 e. The summed E-state index contributed by atoms with van der Waals surface area (Å²) in [7, 11) is -3.49. The zero-order chi connectivity index (χ0) is 17.3. The molecule has 0 radical (unpaired) electrons. The van der Waals surface area contributed by atoms with Gasteiger partial charge in [-0.1, -0.05) is 71.1 Å². The summed E-state index contributed by atoms with van der Waals surface area (Å²) >= 11 is 0. The van der Waals surface area contributed by atoms with Crippen LogP contribution in [0.2, 0.25) is 0 Å². The average Bonchev–Trinajstić information content (AvgIpc) is 2.56. The molecule has 144 valence electrons. The highest BCUT2D eigenvalue weighted by Gasteiger charge is 2.29. The maximum atomic E-state index is 12.1. The number of hydrogen-bond acceptors (Lipinski definition) is 5. The van der Waals surface area contributed by atoms with Crippen molar-refractivity contribution < 1.29 is 23.2 Å². The maximum absolute atomic E-state index is 12.1. The molecule has 0 unspecified atom stereocenters. The van der Waals surface area contributed by atoms with Crippen molar-refractivity contribution in [2.45, 2.75) is 96.8 Å². The molecule has 0 spiro atoms. The molecule has 1 saturated heterocycles. The molecule has 0 aromatic heterocycles. The minimum absolute atomic E-state index is 0.402. The van der Waals surface area contributed by atoms with Gasteiger partial charge in [-0.15, -0.1) is 4.67 Å². The molecule has 0 N–H and O–H groups in total. The highest BCUT2D eigenvalue weighted by atomic mass is 31.2. The zero-order valence-electron chi connectivity index (χ0n) is 15.5. The van der Waals surface area contributed by atoms with Crippen molar-refractivity contribution in [3.05, 3.63) is 0 Å². The number of phosphoric acid groups is 1. The Labute approximate surface area is 148 Å². The Morgan fingerprint density at radius 2 is 1.25 bits per heavy atom. The Morgan fingerprint density at radius 1 is 0.750 bits per heavy atom. The van der Waals surface area contributed by atoms with E-state index in [2.05, 4.69) is 6.92 Å². The van der Waals surface area contributed by atoms with Crippen LogP contribution < -0.4 is 0 Å². The van der Waals surface area contributed by atoms with Crippen LogP contribution in [-0.4, -0.2) is 19.8 Å². The third-order valence-electron chi connectivity index (χ3n) is 4.26. The molecule has 6 heteroatoms. The van der Waals surface area contributed by atoms with Gasteiger partial charge in [-0.25, -0.2) is 9.45 Å². The summed E-state index contributed by atoms with van der Waals surface area (Å²) in [5, 5.41) is 0. The molecule has 0 bridgehead atoms. The van der Waals surface area contributed by atoms with E-state index in [4.69, 9.17) is 18.6 Å². The third-order valence-corrected chi connectivity index (χ3v) is 5.55. The van der Waals surface area contributed by atoms with Crippen molar-refractivity contribution in [1.82, 2.24) is 0 Å². The van der Waals surface area contributed by atoms with Crippen molar-refractivity contribution in [3.63, 3.8) is 0 Å². The molecule has 1 heterocycles. The predicted molar refractivity (Wildman–Crippen MR) is 96.9 cm³/mol. The average molecular weight is 364 g/mol. The first kappa shape index (κ1) is 22.1. The molecule has 0 aliphatic carbocycles. The first-order valence-electron chi connectivity index (χ1n) is 9.97. The van der Waals surface area contributed by atoms with Gasteiger partial charge in [0.2, 0.25) is 0 Å². The van der Waals surface area contributed by atoms with E-state index in [0.717, 1.165) is 32.1 Å². The predicted octanol–water partition coefficient (Wildman–Crippen LogP) is 6.57. The van der Waals surface area contributed by atoms with Crippen molar-refractivity contribution in [2.24, 2.45) is 0 Å². The van der Waals surface area contributed by atoms with Gasteiger partial charge in [0.15, 0.2) is 0 Å². The standard InChI is InChI=1S/C18H37O5P/c1-2-3-4-5-6-7-8-9-10-11-13-16-20-23-24(19)21-17-14-12-15-18-22-24/h2-18H2,1H3. The molecule has 1 fully saturated rings. The molecule has 0 saturated carbocycles. The maximum Gasteiger partial charge on any atom is 0.502 e. The van der Waals surface area contributed by atoms with Gasteiger partial charge in [-0.2, -0.15) is 0 Å². The van der Waals surface area contributed by atoms with Crippen LogP contribution in [0.4, 0.5) is 0 Å². The van der Waals surface area contributed by atoms with Crippen LogP contribution in [0.15, 0.2) is 0 Å². The second kappa shape index (κ2) is 15.3. The van der Waals surface area contributed by atoms with Gasteiger partial charge in [0, 0.05) is 0 Å². The fraction of sp³-hybridized carbons (Fsp3) is 1.00. The lowest BCUT2D eigenvalue weighted by Crippen LogP contribution is -2.07. The summed E-state index contributed by atoms with van der Waals surface area (Å²) in [6, 6.07) is 0. The third kappa shape index (κ3) is 12.4. The van der Waals surface area contributed by atoms with E-state index in [1.54, 1.807) is 0 Å². The number of rotatable bonds is 14.